The summed E-state index contributed by atoms with van der Waals surface area (Å²) >= 11 is 10.0. The molecule has 2 unspecified atom stereocenters. The molecular formula is C16H24BrClN2. The van der Waals surface area contributed by atoms with E-state index in [4.69, 9.17) is 11.6 Å². The van der Waals surface area contributed by atoms with Crippen molar-refractivity contribution in [3.05, 3.63) is 33.3 Å². The highest BCUT2D eigenvalue weighted by atomic mass is 79.9. The molecule has 0 spiro atoms. The van der Waals surface area contributed by atoms with Gasteiger partial charge in [0.2, 0.25) is 0 Å². The van der Waals surface area contributed by atoms with E-state index in [9.17, 15) is 0 Å². The van der Waals surface area contributed by atoms with E-state index in [1.54, 1.807) is 0 Å². The summed E-state index contributed by atoms with van der Waals surface area (Å²) in [6, 6.07) is 6.71. The number of hydrogen-bond acceptors (Lipinski definition) is 2. The van der Waals surface area contributed by atoms with Crippen molar-refractivity contribution in [2.24, 2.45) is 5.92 Å². The first-order chi connectivity index (χ1) is 9.63. The van der Waals surface area contributed by atoms with Crippen molar-refractivity contribution in [2.45, 2.75) is 32.2 Å². The molecule has 1 fully saturated rings. The number of likely N-dealkylation sites (tertiary alicyclic amines) is 1. The van der Waals surface area contributed by atoms with Crippen LogP contribution in [0.3, 0.4) is 0 Å². The second-order valence-corrected chi connectivity index (χ2v) is 6.98. The fourth-order valence-corrected chi connectivity index (χ4v) is 3.99. The lowest BCUT2D eigenvalue weighted by Crippen LogP contribution is -2.35. The van der Waals surface area contributed by atoms with Crippen molar-refractivity contribution in [3.63, 3.8) is 0 Å². The van der Waals surface area contributed by atoms with Gasteiger partial charge in [-0.1, -0.05) is 46.9 Å². The Labute approximate surface area is 136 Å². The third-order valence-corrected chi connectivity index (χ3v) is 5.02. The fourth-order valence-electron chi connectivity index (χ4n) is 3.20. The number of benzene rings is 1. The van der Waals surface area contributed by atoms with Crippen molar-refractivity contribution in [1.29, 1.82) is 0 Å². The predicted molar refractivity (Wildman–Crippen MR) is 90.4 cm³/mol. The van der Waals surface area contributed by atoms with Gasteiger partial charge in [0.15, 0.2) is 0 Å². The summed E-state index contributed by atoms with van der Waals surface area (Å²) in [7, 11) is 2.23. The molecule has 0 radical (unpaired) electrons. The first kappa shape index (κ1) is 16.3. The average molecular weight is 360 g/mol. The fraction of sp³-hybridized carbons (Fsp3) is 0.625. The molecule has 1 aromatic rings. The molecule has 1 heterocycles. The maximum Gasteiger partial charge on any atom is 0.0465 e. The van der Waals surface area contributed by atoms with Gasteiger partial charge in [-0.3, -0.25) is 4.90 Å². The van der Waals surface area contributed by atoms with E-state index in [0.717, 1.165) is 29.1 Å². The van der Waals surface area contributed by atoms with E-state index in [2.05, 4.69) is 52.3 Å². The normalized spacial score (nSPS) is 24.6. The first-order valence-electron chi connectivity index (χ1n) is 7.49. The second-order valence-electron chi connectivity index (χ2n) is 5.65. The van der Waals surface area contributed by atoms with Crippen molar-refractivity contribution < 1.29 is 0 Å². The first-order valence-corrected chi connectivity index (χ1v) is 8.66. The van der Waals surface area contributed by atoms with Gasteiger partial charge >= 0.3 is 0 Å². The highest BCUT2D eigenvalue weighted by Crippen LogP contribution is 2.38. The molecule has 4 heteroatoms. The third kappa shape index (κ3) is 3.97. The van der Waals surface area contributed by atoms with Gasteiger partial charge < -0.3 is 5.32 Å². The Balaban J connectivity index is 2.29. The maximum atomic E-state index is 6.50. The minimum absolute atomic E-state index is 0.414. The number of rotatable bonds is 4. The Kier molecular flexibility index (Phi) is 6.34. The van der Waals surface area contributed by atoms with E-state index in [-0.39, 0.29) is 0 Å². The third-order valence-electron chi connectivity index (χ3n) is 4.19. The van der Waals surface area contributed by atoms with E-state index in [1.807, 2.05) is 6.07 Å². The van der Waals surface area contributed by atoms with Crippen LogP contribution in [0, 0.1) is 5.92 Å². The molecule has 1 saturated heterocycles. The van der Waals surface area contributed by atoms with Crippen molar-refractivity contribution in [3.8, 4) is 0 Å². The highest BCUT2D eigenvalue weighted by Gasteiger charge is 2.30. The van der Waals surface area contributed by atoms with Gasteiger partial charge in [-0.2, -0.15) is 0 Å². The van der Waals surface area contributed by atoms with E-state index in [1.165, 1.54) is 24.8 Å². The molecule has 0 aromatic heterocycles. The van der Waals surface area contributed by atoms with Gasteiger partial charge in [-0.25, -0.2) is 0 Å². The standard InChI is InChI=1S/C16H24BrClN2/c1-3-19-11-12-6-4-5-9-20(2)16(12)14-8-7-13(17)10-15(14)18/h7-8,10,12,16,19H,3-6,9,11H2,1-2H3. The lowest BCUT2D eigenvalue weighted by atomic mass is 9.89. The summed E-state index contributed by atoms with van der Waals surface area (Å²) in [6.07, 6.45) is 3.86. The molecule has 1 N–H and O–H groups in total. The summed E-state index contributed by atoms with van der Waals surface area (Å²) < 4.78 is 1.05. The van der Waals surface area contributed by atoms with Crippen molar-refractivity contribution >= 4 is 27.5 Å². The van der Waals surface area contributed by atoms with Crippen LogP contribution < -0.4 is 5.32 Å². The Morgan fingerprint density at radius 2 is 2.20 bits per heavy atom. The minimum Gasteiger partial charge on any atom is -0.317 e. The molecule has 1 aliphatic heterocycles. The van der Waals surface area contributed by atoms with E-state index in [0.29, 0.717) is 12.0 Å². The Morgan fingerprint density at radius 1 is 1.40 bits per heavy atom. The molecule has 0 aliphatic carbocycles. The summed E-state index contributed by atoms with van der Waals surface area (Å²) in [5, 5.41) is 4.39. The number of halogens is 2. The van der Waals surface area contributed by atoms with Gasteiger partial charge in [-0.05, 0) is 63.1 Å². The number of hydrogen-bond donors (Lipinski definition) is 1. The van der Waals surface area contributed by atoms with Gasteiger partial charge in [0.25, 0.3) is 0 Å². The van der Waals surface area contributed by atoms with Crippen molar-refractivity contribution in [2.75, 3.05) is 26.7 Å². The van der Waals surface area contributed by atoms with Crippen LogP contribution in [0.4, 0.5) is 0 Å². The van der Waals surface area contributed by atoms with Crippen LogP contribution in [0.1, 0.15) is 37.8 Å². The predicted octanol–water partition coefficient (Wildman–Crippen LogP) is 4.49. The average Bonchev–Trinajstić information content (AvgIpc) is 2.59. The van der Waals surface area contributed by atoms with Crippen molar-refractivity contribution in [1.82, 2.24) is 10.2 Å². The Bertz CT molecular complexity index is 438. The monoisotopic (exact) mass is 358 g/mol. The zero-order valence-electron chi connectivity index (χ0n) is 12.3. The van der Waals surface area contributed by atoms with Crippen LogP contribution in [0.15, 0.2) is 22.7 Å². The van der Waals surface area contributed by atoms with Crippen LogP contribution in [0.25, 0.3) is 0 Å². The summed E-state index contributed by atoms with van der Waals surface area (Å²) in [4.78, 5) is 2.48. The lowest BCUT2D eigenvalue weighted by Gasteiger charge is -2.33. The zero-order valence-corrected chi connectivity index (χ0v) is 14.7. The van der Waals surface area contributed by atoms with Gasteiger partial charge in [-0.15, -0.1) is 0 Å². The van der Waals surface area contributed by atoms with Gasteiger partial charge in [0, 0.05) is 15.5 Å². The number of nitrogens with one attached hydrogen (secondary N) is 1. The number of nitrogens with zero attached hydrogens (tertiary/aromatic N) is 1. The molecule has 0 saturated carbocycles. The molecule has 0 bridgehead atoms. The Morgan fingerprint density at radius 3 is 2.90 bits per heavy atom. The SMILES string of the molecule is CCNCC1CCCCN(C)C1c1ccc(Br)cc1Cl. The Hall–Kier alpha value is -0.0900. The van der Waals surface area contributed by atoms with Gasteiger partial charge in [0.05, 0.1) is 0 Å². The van der Waals surface area contributed by atoms with Crippen LogP contribution in [0.5, 0.6) is 0 Å². The summed E-state index contributed by atoms with van der Waals surface area (Å²) in [5.41, 5.74) is 1.27. The molecule has 2 atom stereocenters. The van der Waals surface area contributed by atoms with Crippen LogP contribution in [-0.2, 0) is 0 Å². The molecule has 1 aromatic carbocycles. The molecular weight excluding hydrogens is 336 g/mol. The highest BCUT2D eigenvalue weighted by molar-refractivity contribution is 9.10. The zero-order chi connectivity index (χ0) is 14.5. The topological polar surface area (TPSA) is 15.3 Å². The largest absolute Gasteiger partial charge is 0.317 e. The molecule has 1 aliphatic rings. The summed E-state index contributed by atoms with van der Waals surface area (Å²) in [6.45, 7) is 5.42. The van der Waals surface area contributed by atoms with Gasteiger partial charge in [0.1, 0.15) is 0 Å². The summed E-state index contributed by atoms with van der Waals surface area (Å²) in [5.74, 6) is 0.626. The van der Waals surface area contributed by atoms with E-state index < -0.39 is 0 Å². The molecule has 0 amide bonds. The quantitative estimate of drug-likeness (QED) is 0.852. The molecule has 2 rings (SSSR count). The van der Waals surface area contributed by atoms with Crippen LogP contribution in [-0.4, -0.2) is 31.6 Å². The smallest absolute Gasteiger partial charge is 0.0465 e. The van der Waals surface area contributed by atoms with Crippen LogP contribution in [0.2, 0.25) is 5.02 Å². The molecule has 2 nitrogen and oxygen atoms in total. The van der Waals surface area contributed by atoms with E-state index >= 15 is 0 Å². The molecule has 20 heavy (non-hydrogen) atoms. The van der Waals surface area contributed by atoms with Crippen LogP contribution >= 0.6 is 27.5 Å². The minimum atomic E-state index is 0.414. The maximum absolute atomic E-state index is 6.50. The molecule has 112 valence electrons. The second kappa shape index (κ2) is 7.79. The lowest BCUT2D eigenvalue weighted by molar-refractivity contribution is 0.189.